The molecule has 0 bridgehead atoms. The lowest BCUT2D eigenvalue weighted by atomic mass is 10.0. The molecule has 172 valence electrons. The number of hydrogen-bond acceptors (Lipinski definition) is 4. The lowest BCUT2D eigenvalue weighted by Gasteiger charge is -2.26. The molecule has 1 saturated heterocycles. The van der Waals surface area contributed by atoms with E-state index in [-0.39, 0.29) is 11.3 Å². The van der Waals surface area contributed by atoms with Crippen molar-refractivity contribution in [3.63, 3.8) is 0 Å². The predicted octanol–water partition coefficient (Wildman–Crippen LogP) is 6.02. The number of hydrogen-bond donors (Lipinski definition) is 1. The molecule has 9 heteroatoms. The first kappa shape index (κ1) is 24.0. The fraction of sp³-hybridized carbons (Fsp3) is 0.0800. The van der Waals surface area contributed by atoms with Gasteiger partial charge in [-0.2, -0.15) is 0 Å². The van der Waals surface area contributed by atoms with Crippen LogP contribution in [0.2, 0.25) is 10.0 Å². The Morgan fingerprint density at radius 2 is 1.74 bits per heavy atom. The van der Waals surface area contributed by atoms with Gasteiger partial charge in [-0.05, 0) is 59.7 Å². The monoisotopic (exact) mass is 558 g/mol. The Bertz CT molecular complexity index is 1340. The summed E-state index contributed by atoms with van der Waals surface area (Å²) in [6.07, 6.45) is 1.89. The van der Waals surface area contributed by atoms with Gasteiger partial charge in [-0.15, -0.1) is 0 Å². The van der Waals surface area contributed by atoms with Crippen LogP contribution in [0.4, 0.5) is 10.5 Å². The molecular weight excluding hydrogens is 543 g/mol. The molecule has 0 unspecified atom stereocenters. The Morgan fingerprint density at radius 1 is 1.03 bits per heavy atom. The van der Waals surface area contributed by atoms with Gasteiger partial charge in [0.15, 0.2) is 0 Å². The molecule has 3 aromatic carbocycles. The quantitative estimate of drug-likeness (QED) is 0.306. The summed E-state index contributed by atoms with van der Waals surface area (Å²) in [5.74, 6) is -1.06. The summed E-state index contributed by atoms with van der Waals surface area (Å²) in [6, 6.07) is 16.4. The minimum absolute atomic E-state index is 0.216. The van der Waals surface area contributed by atoms with Gasteiger partial charge >= 0.3 is 6.03 Å². The van der Waals surface area contributed by atoms with E-state index in [4.69, 9.17) is 27.9 Å². The van der Waals surface area contributed by atoms with Crippen molar-refractivity contribution >= 4 is 68.7 Å². The van der Waals surface area contributed by atoms with Crippen LogP contribution in [0.1, 0.15) is 16.7 Å². The molecule has 1 aliphatic heterocycles. The van der Waals surface area contributed by atoms with Gasteiger partial charge in [0.1, 0.15) is 11.3 Å². The minimum Gasteiger partial charge on any atom is -0.496 e. The van der Waals surface area contributed by atoms with Crippen molar-refractivity contribution in [1.82, 2.24) is 5.32 Å². The first-order chi connectivity index (χ1) is 16.3. The third-order valence-electron chi connectivity index (χ3n) is 5.22. The molecule has 34 heavy (non-hydrogen) atoms. The van der Waals surface area contributed by atoms with Crippen LogP contribution in [0.3, 0.4) is 0 Å². The number of rotatable bonds is 5. The molecule has 1 N–H and O–H groups in total. The van der Waals surface area contributed by atoms with Gasteiger partial charge in [-0.1, -0.05) is 57.3 Å². The number of methoxy groups -OCH3 is 1. The van der Waals surface area contributed by atoms with Gasteiger partial charge < -0.3 is 4.74 Å². The molecule has 4 amide bonds. The number of nitrogens with zero attached hydrogens (tertiary/aromatic N) is 1. The SMILES string of the molecule is COc1cc(/C=C2\C(=O)NC(=O)N(c3ccc(Cl)cc3)C2=O)cc(Cl)c1Cc1ccccc1Br. The van der Waals surface area contributed by atoms with E-state index in [0.29, 0.717) is 27.8 Å². The summed E-state index contributed by atoms with van der Waals surface area (Å²) < 4.78 is 6.49. The Balaban J connectivity index is 1.71. The summed E-state index contributed by atoms with van der Waals surface area (Å²) >= 11 is 16.0. The van der Waals surface area contributed by atoms with Gasteiger partial charge in [0, 0.05) is 26.5 Å². The Labute approximate surface area is 214 Å². The van der Waals surface area contributed by atoms with Crippen LogP contribution in [0.15, 0.2) is 70.7 Å². The van der Waals surface area contributed by atoms with E-state index in [1.165, 1.54) is 25.3 Å². The zero-order valence-corrected chi connectivity index (χ0v) is 20.9. The highest BCUT2D eigenvalue weighted by atomic mass is 79.9. The van der Waals surface area contributed by atoms with E-state index in [9.17, 15) is 14.4 Å². The second-order valence-corrected chi connectivity index (χ2v) is 9.08. The number of benzene rings is 3. The van der Waals surface area contributed by atoms with Crippen LogP contribution in [0.25, 0.3) is 6.08 Å². The number of anilines is 1. The summed E-state index contributed by atoms with van der Waals surface area (Å²) in [7, 11) is 1.52. The van der Waals surface area contributed by atoms with Crippen LogP contribution in [0.5, 0.6) is 5.75 Å². The minimum atomic E-state index is -0.839. The molecule has 4 rings (SSSR count). The fourth-order valence-electron chi connectivity index (χ4n) is 3.55. The molecule has 1 fully saturated rings. The average Bonchev–Trinajstić information content (AvgIpc) is 2.80. The Morgan fingerprint density at radius 3 is 2.41 bits per heavy atom. The maximum atomic E-state index is 13.1. The second kappa shape index (κ2) is 10.0. The highest BCUT2D eigenvalue weighted by Gasteiger charge is 2.36. The van der Waals surface area contributed by atoms with Crippen LogP contribution >= 0.6 is 39.1 Å². The van der Waals surface area contributed by atoms with Crippen LogP contribution in [0, 0.1) is 0 Å². The number of barbiturate groups is 1. The Hall–Kier alpha value is -3.13. The van der Waals surface area contributed by atoms with Crippen molar-refractivity contribution in [2.45, 2.75) is 6.42 Å². The molecule has 0 aromatic heterocycles. The van der Waals surface area contributed by atoms with Crippen molar-refractivity contribution in [3.05, 3.63) is 97.4 Å². The number of carbonyl (C=O) groups excluding carboxylic acids is 3. The standard InChI is InChI=1S/C25H17BrCl2N2O4/c1-34-22-12-14(11-21(28)18(22)13-15-4-2-3-5-20(15)26)10-19-23(31)29-25(33)30(24(19)32)17-8-6-16(27)7-9-17/h2-12H,13H2,1H3,(H,29,31,33)/b19-10+. The van der Waals surface area contributed by atoms with Gasteiger partial charge in [0.25, 0.3) is 11.8 Å². The summed E-state index contributed by atoms with van der Waals surface area (Å²) in [4.78, 5) is 38.8. The topological polar surface area (TPSA) is 75.7 Å². The van der Waals surface area contributed by atoms with Crippen molar-refractivity contribution in [1.29, 1.82) is 0 Å². The van der Waals surface area contributed by atoms with Crippen molar-refractivity contribution in [3.8, 4) is 5.75 Å². The molecule has 0 aliphatic carbocycles. The molecule has 6 nitrogen and oxygen atoms in total. The van der Waals surface area contributed by atoms with Gasteiger partial charge in [0.2, 0.25) is 0 Å². The molecule has 0 atom stereocenters. The molecule has 0 saturated carbocycles. The highest BCUT2D eigenvalue weighted by molar-refractivity contribution is 9.10. The zero-order valence-electron chi connectivity index (χ0n) is 17.8. The highest BCUT2D eigenvalue weighted by Crippen LogP contribution is 2.34. The maximum Gasteiger partial charge on any atom is 0.335 e. The van der Waals surface area contributed by atoms with Crippen LogP contribution in [-0.2, 0) is 16.0 Å². The normalized spacial score (nSPS) is 15.0. The molecular formula is C25H17BrCl2N2O4. The first-order valence-corrected chi connectivity index (χ1v) is 11.6. The number of carbonyl (C=O) groups is 3. The lowest BCUT2D eigenvalue weighted by Crippen LogP contribution is -2.54. The zero-order chi connectivity index (χ0) is 24.4. The van der Waals surface area contributed by atoms with E-state index in [1.54, 1.807) is 24.3 Å². The molecule has 1 aliphatic rings. The van der Waals surface area contributed by atoms with E-state index in [2.05, 4.69) is 21.2 Å². The second-order valence-electron chi connectivity index (χ2n) is 7.39. The van der Waals surface area contributed by atoms with Gasteiger partial charge in [-0.3, -0.25) is 14.9 Å². The van der Waals surface area contributed by atoms with E-state index >= 15 is 0 Å². The summed E-state index contributed by atoms with van der Waals surface area (Å²) in [6.45, 7) is 0. The first-order valence-electron chi connectivity index (χ1n) is 10.1. The molecule has 0 spiro atoms. The molecule has 3 aromatic rings. The smallest absolute Gasteiger partial charge is 0.335 e. The predicted molar refractivity (Wildman–Crippen MR) is 135 cm³/mol. The van der Waals surface area contributed by atoms with Gasteiger partial charge in [-0.25, -0.2) is 9.69 Å². The van der Waals surface area contributed by atoms with Crippen LogP contribution in [-0.4, -0.2) is 25.0 Å². The number of urea groups is 1. The summed E-state index contributed by atoms with van der Waals surface area (Å²) in [5.41, 5.74) is 2.32. The van der Waals surface area contributed by atoms with Crippen LogP contribution < -0.4 is 15.0 Å². The van der Waals surface area contributed by atoms with Crippen molar-refractivity contribution in [2.24, 2.45) is 0 Å². The molecule has 1 heterocycles. The maximum absolute atomic E-state index is 13.1. The molecule has 0 radical (unpaired) electrons. The van der Waals surface area contributed by atoms with Crippen molar-refractivity contribution in [2.75, 3.05) is 12.0 Å². The van der Waals surface area contributed by atoms with E-state index < -0.39 is 17.8 Å². The Kier molecular flexibility index (Phi) is 7.07. The number of ether oxygens (including phenoxy) is 1. The number of nitrogens with one attached hydrogen (secondary N) is 1. The van der Waals surface area contributed by atoms with E-state index in [0.717, 1.165) is 20.5 Å². The largest absolute Gasteiger partial charge is 0.496 e. The van der Waals surface area contributed by atoms with Gasteiger partial charge in [0.05, 0.1) is 12.8 Å². The lowest BCUT2D eigenvalue weighted by molar-refractivity contribution is -0.122. The number of imide groups is 2. The number of halogens is 3. The third kappa shape index (κ3) is 4.87. The summed E-state index contributed by atoms with van der Waals surface area (Å²) in [5, 5.41) is 3.06. The number of amides is 4. The van der Waals surface area contributed by atoms with Crippen molar-refractivity contribution < 1.29 is 19.1 Å². The average molecular weight is 560 g/mol. The fourth-order valence-corrected chi connectivity index (χ4v) is 4.39. The van der Waals surface area contributed by atoms with E-state index in [1.807, 2.05) is 24.3 Å². The third-order valence-corrected chi connectivity index (χ3v) is 6.58.